The monoisotopic (exact) mass is 390 g/mol. The summed E-state index contributed by atoms with van der Waals surface area (Å²) < 4.78 is 1.66. The van der Waals surface area contributed by atoms with Crippen LogP contribution in [-0.4, -0.2) is 36.2 Å². The minimum absolute atomic E-state index is 0.481. The van der Waals surface area contributed by atoms with Crippen LogP contribution in [0.25, 0.3) is 11.2 Å². The Bertz CT molecular complexity index is 900. The molecule has 0 unspecified atom stereocenters. The maximum Gasteiger partial charge on any atom is 0.183 e. The first-order valence-electron chi connectivity index (χ1n) is 8.24. The van der Waals surface area contributed by atoms with E-state index >= 15 is 0 Å². The second-order valence-electron chi connectivity index (χ2n) is 5.79. The molecule has 1 atom stereocenters. The third-order valence-electron chi connectivity index (χ3n) is 3.85. The molecule has 0 saturated heterocycles. The SMILES string of the molecule is CCCC[C@H](Sc1ncnc2c1nnn2Cc1ccc(Cl)cc1)C(=O)[O-]. The molecule has 2 heterocycles. The highest BCUT2D eigenvalue weighted by molar-refractivity contribution is 8.00. The van der Waals surface area contributed by atoms with E-state index in [-0.39, 0.29) is 0 Å². The average molecular weight is 391 g/mol. The van der Waals surface area contributed by atoms with Crippen molar-refractivity contribution in [2.45, 2.75) is 43.0 Å². The number of fused-ring (bicyclic) bond motifs is 1. The number of halogens is 1. The molecule has 0 aliphatic carbocycles. The summed E-state index contributed by atoms with van der Waals surface area (Å²) in [5.74, 6) is -1.09. The van der Waals surface area contributed by atoms with Gasteiger partial charge in [-0.25, -0.2) is 14.6 Å². The first-order valence-corrected chi connectivity index (χ1v) is 9.50. The van der Waals surface area contributed by atoms with Crippen LogP contribution in [-0.2, 0) is 11.3 Å². The van der Waals surface area contributed by atoms with Gasteiger partial charge in [0.05, 0.1) is 17.8 Å². The Labute approximate surface area is 159 Å². The van der Waals surface area contributed by atoms with Crippen LogP contribution in [0.2, 0.25) is 5.02 Å². The quantitative estimate of drug-likeness (QED) is 0.430. The van der Waals surface area contributed by atoms with Crippen LogP contribution in [0.4, 0.5) is 0 Å². The third-order valence-corrected chi connectivity index (χ3v) is 5.34. The van der Waals surface area contributed by atoms with E-state index in [4.69, 9.17) is 11.6 Å². The number of carbonyl (C=O) groups is 1. The van der Waals surface area contributed by atoms with Gasteiger partial charge in [0.25, 0.3) is 0 Å². The number of carboxylic acid groups (broad SMARTS) is 1. The van der Waals surface area contributed by atoms with Gasteiger partial charge in [-0.2, -0.15) is 0 Å². The van der Waals surface area contributed by atoms with Crippen molar-refractivity contribution in [2.75, 3.05) is 0 Å². The van der Waals surface area contributed by atoms with Crippen LogP contribution < -0.4 is 5.11 Å². The van der Waals surface area contributed by atoms with E-state index in [1.807, 2.05) is 31.2 Å². The Morgan fingerprint density at radius 3 is 2.77 bits per heavy atom. The Morgan fingerprint density at radius 1 is 1.31 bits per heavy atom. The lowest BCUT2D eigenvalue weighted by Crippen LogP contribution is -2.33. The van der Waals surface area contributed by atoms with Gasteiger partial charge >= 0.3 is 0 Å². The third kappa shape index (κ3) is 4.31. The average Bonchev–Trinajstić information content (AvgIpc) is 3.04. The van der Waals surface area contributed by atoms with Crippen molar-refractivity contribution in [3.05, 3.63) is 41.2 Å². The highest BCUT2D eigenvalue weighted by Crippen LogP contribution is 2.29. The number of hydrogen-bond acceptors (Lipinski definition) is 7. The zero-order valence-corrected chi connectivity index (χ0v) is 15.7. The van der Waals surface area contributed by atoms with E-state index in [9.17, 15) is 9.90 Å². The maximum atomic E-state index is 11.4. The Hall–Kier alpha value is -2.19. The van der Waals surface area contributed by atoms with Crippen LogP contribution in [0.15, 0.2) is 35.6 Å². The number of carbonyl (C=O) groups excluding carboxylic acids is 1. The van der Waals surface area contributed by atoms with Gasteiger partial charge in [-0.05, 0) is 24.1 Å². The molecule has 3 rings (SSSR count). The summed E-state index contributed by atoms with van der Waals surface area (Å²) in [6.07, 6.45) is 3.65. The summed E-state index contributed by atoms with van der Waals surface area (Å²) in [4.78, 5) is 19.8. The highest BCUT2D eigenvalue weighted by Gasteiger charge is 2.18. The van der Waals surface area contributed by atoms with Crippen LogP contribution in [0.5, 0.6) is 0 Å². The van der Waals surface area contributed by atoms with E-state index in [0.29, 0.717) is 34.2 Å². The smallest absolute Gasteiger partial charge is 0.183 e. The minimum Gasteiger partial charge on any atom is -0.549 e. The number of benzene rings is 1. The lowest BCUT2D eigenvalue weighted by Gasteiger charge is -2.16. The summed E-state index contributed by atoms with van der Waals surface area (Å²) in [5, 5.41) is 20.2. The number of unbranched alkanes of at least 4 members (excludes halogenated alkanes) is 1. The molecule has 0 spiro atoms. The number of carboxylic acids is 1. The molecular formula is C17H17ClN5O2S-. The first-order chi connectivity index (χ1) is 12.6. The summed E-state index contributed by atoms with van der Waals surface area (Å²) >= 11 is 7.05. The van der Waals surface area contributed by atoms with Crippen molar-refractivity contribution >= 4 is 40.5 Å². The molecule has 0 radical (unpaired) electrons. The van der Waals surface area contributed by atoms with E-state index < -0.39 is 11.2 Å². The molecular weight excluding hydrogens is 374 g/mol. The second-order valence-corrected chi connectivity index (χ2v) is 7.42. The summed E-state index contributed by atoms with van der Waals surface area (Å²) in [6, 6.07) is 7.43. The number of aliphatic carboxylic acids is 1. The normalized spacial score (nSPS) is 12.4. The molecule has 0 fully saturated rings. The molecule has 136 valence electrons. The van der Waals surface area contributed by atoms with E-state index in [0.717, 1.165) is 30.2 Å². The van der Waals surface area contributed by atoms with Crippen molar-refractivity contribution in [3.63, 3.8) is 0 Å². The maximum absolute atomic E-state index is 11.4. The predicted octanol–water partition coefficient (Wildman–Crippen LogP) is 2.32. The molecule has 2 aromatic heterocycles. The van der Waals surface area contributed by atoms with Gasteiger partial charge in [-0.3, -0.25) is 0 Å². The first kappa shape index (κ1) is 18.6. The summed E-state index contributed by atoms with van der Waals surface area (Å²) in [5.41, 5.74) is 2.06. The van der Waals surface area contributed by atoms with E-state index in [1.54, 1.807) is 4.68 Å². The predicted molar refractivity (Wildman–Crippen MR) is 97.8 cm³/mol. The van der Waals surface area contributed by atoms with E-state index in [1.165, 1.54) is 6.33 Å². The summed E-state index contributed by atoms with van der Waals surface area (Å²) in [6.45, 7) is 2.50. The van der Waals surface area contributed by atoms with Gasteiger partial charge in [0.15, 0.2) is 11.2 Å². The van der Waals surface area contributed by atoms with Crippen molar-refractivity contribution in [1.29, 1.82) is 0 Å². The van der Waals surface area contributed by atoms with E-state index in [2.05, 4.69) is 20.3 Å². The number of hydrogen-bond donors (Lipinski definition) is 0. The summed E-state index contributed by atoms with van der Waals surface area (Å²) in [7, 11) is 0. The molecule has 26 heavy (non-hydrogen) atoms. The molecule has 0 aliphatic heterocycles. The van der Waals surface area contributed by atoms with Gasteiger partial charge < -0.3 is 9.90 Å². The minimum atomic E-state index is -1.09. The molecule has 1 aromatic carbocycles. The van der Waals surface area contributed by atoms with Crippen LogP contribution in [0, 0.1) is 0 Å². The molecule has 0 aliphatic rings. The van der Waals surface area contributed by atoms with Gasteiger partial charge in [0.2, 0.25) is 0 Å². The standard InChI is InChI=1S/C17H18ClN5O2S/c1-2-3-4-13(17(24)25)26-16-14-15(19-10-20-16)23(22-21-14)9-11-5-7-12(18)8-6-11/h5-8,10,13H,2-4,9H2,1H3,(H,24,25)/p-1/t13-/m0/s1. The number of aromatic nitrogens is 5. The zero-order chi connectivity index (χ0) is 18.5. The number of thioether (sulfide) groups is 1. The molecule has 0 bridgehead atoms. The van der Waals surface area contributed by atoms with Crippen LogP contribution in [0.3, 0.4) is 0 Å². The molecule has 7 nitrogen and oxygen atoms in total. The molecule has 0 N–H and O–H groups in total. The fourth-order valence-electron chi connectivity index (χ4n) is 2.48. The van der Waals surface area contributed by atoms with Crippen molar-refractivity contribution in [2.24, 2.45) is 0 Å². The number of rotatable bonds is 8. The lowest BCUT2D eigenvalue weighted by atomic mass is 10.2. The fraction of sp³-hybridized carbons (Fsp3) is 0.353. The Morgan fingerprint density at radius 2 is 2.08 bits per heavy atom. The van der Waals surface area contributed by atoms with Gasteiger partial charge in [0.1, 0.15) is 11.4 Å². The largest absolute Gasteiger partial charge is 0.549 e. The van der Waals surface area contributed by atoms with Crippen molar-refractivity contribution < 1.29 is 9.90 Å². The van der Waals surface area contributed by atoms with Crippen molar-refractivity contribution in [1.82, 2.24) is 25.0 Å². The lowest BCUT2D eigenvalue weighted by molar-refractivity contribution is -0.304. The molecule has 0 amide bonds. The molecule has 0 saturated carbocycles. The van der Waals surface area contributed by atoms with Gasteiger partial charge in [-0.1, -0.05) is 60.5 Å². The van der Waals surface area contributed by atoms with Crippen molar-refractivity contribution in [3.8, 4) is 0 Å². The second kappa shape index (κ2) is 8.46. The fourth-order valence-corrected chi connectivity index (χ4v) is 3.60. The Kier molecular flexibility index (Phi) is 6.05. The van der Waals surface area contributed by atoms with Gasteiger partial charge in [-0.15, -0.1) is 5.10 Å². The molecule has 9 heteroatoms. The number of nitrogens with zero attached hydrogens (tertiary/aromatic N) is 5. The topological polar surface area (TPSA) is 96.6 Å². The van der Waals surface area contributed by atoms with Crippen LogP contribution >= 0.6 is 23.4 Å². The molecule has 3 aromatic rings. The Balaban J connectivity index is 1.85. The zero-order valence-electron chi connectivity index (χ0n) is 14.1. The van der Waals surface area contributed by atoms with Crippen LogP contribution in [0.1, 0.15) is 31.7 Å². The highest BCUT2D eigenvalue weighted by atomic mass is 35.5. The van der Waals surface area contributed by atoms with Gasteiger partial charge in [0, 0.05) is 5.02 Å².